The minimum absolute atomic E-state index is 0.0277. The van der Waals surface area contributed by atoms with Crippen LogP contribution in [0.2, 0.25) is 0 Å². The van der Waals surface area contributed by atoms with Crippen molar-refractivity contribution in [2.75, 3.05) is 20.2 Å². The molecule has 0 aliphatic heterocycles. The third-order valence-electron chi connectivity index (χ3n) is 4.32. The third-order valence-corrected chi connectivity index (χ3v) is 4.32. The Bertz CT molecular complexity index is 493. The highest BCUT2D eigenvalue weighted by Gasteiger charge is 2.25. The summed E-state index contributed by atoms with van der Waals surface area (Å²) in [5.41, 5.74) is 5.76. The van der Waals surface area contributed by atoms with Gasteiger partial charge in [-0.05, 0) is 43.4 Å². The molecule has 21 heavy (non-hydrogen) atoms. The fraction of sp³-hybridized carbons (Fsp3) is 0.562. The molecule has 116 valence electrons. The standard InChI is InChI=1S/C16H23FN2O2/c1-21-14-8-4-7-13(17)15(14)16(20)19-10-12-6-3-2-5-11(12)9-18/h4,7-8,11-12H,2-3,5-6,9-10,18H2,1H3,(H,19,20). The summed E-state index contributed by atoms with van der Waals surface area (Å²) in [6.07, 6.45) is 4.55. The van der Waals surface area contributed by atoms with Crippen LogP contribution >= 0.6 is 0 Å². The summed E-state index contributed by atoms with van der Waals surface area (Å²) in [5, 5.41) is 2.83. The van der Waals surface area contributed by atoms with Crippen LogP contribution in [0.3, 0.4) is 0 Å². The first-order chi connectivity index (χ1) is 10.2. The number of halogens is 1. The van der Waals surface area contributed by atoms with E-state index in [1.54, 1.807) is 6.07 Å². The van der Waals surface area contributed by atoms with Crippen molar-refractivity contribution in [1.82, 2.24) is 5.32 Å². The maximum Gasteiger partial charge on any atom is 0.258 e. The van der Waals surface area contributed by atoms with Crippen molar-refractivity contribution in [2.45, 2.75) is 25.7 Å². The Kier molecular flexibility index (Phi) is 5.56. The summed E-state index contributed by atoms with van der Waals surface area (Å²) in [5.74, 6) is 0.0933. The fourth-order valence-corrected chi connectivity index (χ4v) is 3.07. The van der Waals surface area contributed by atoms with Gasteiger partial charge in [-0.1, -0.05) is 18.9 Å². The molecular formula is C16H23FN2O2. The lowest BCUT2D eigenvalue weighted by atomic mass is 9.79. The van der Waals surface area contributed by atoms with E-state index in [1.165, 1.54) is 32.1 Å². The number of hydrogen-bond acceptors (Lipinski definition) is 3. The molecule has 3 N–H and O–H groups in total. The first-order valence-corrected chi connectivity index (χ1v) is 7.48. The highest BCUT2D eigenvalue weighted by molar-refractivity contribution is 5.97. The summed E-state index contributed by atoms with van der Waals surface area (Å²) < 4.78 is 18.9. The molecule has 2 rings (SSSR count). The lowest BCUT2D eigenvalue weighted by Gasteiger charge is -2.30. The Balaban J connectivity index is 2.01. The number of methoxy groups -OCH3 is 1. The van der Waals surface area contributed by atoms with E-state index in [0.29, 0.717) is 24.9 Å². The van der Waals surface area contributed by atoms with Crippen LogP contribution in [0.4, 0.5) is 4.39 Å². The number of benzene rings is 1. The largest absolute Gasteiger partial charge is 0.496 e. The maximum absolute atomic E-state index is 13.8. The van der Waals surface area contributed by atoms with Crippen LogP contribution < -0.4 is 15.8 Å². The molecule has 0 bridgehead atoms. The van der Waals surface area contributed by atoms with Crippen LogP contribution in [0.1, 0.15) is 36.0 Å². The quantitative estimate of drug-likeness (QED) is 0.876. The number of carbonyl (C=O) groups excluding carboxylic acids is 1. The van der Waals surface area contributed by atoms with Gasteiger partial charge in [-0.3, -0.25) is 4.79 Å². The Hall–Kier alpha value is -1.62. The van der Waals surface area contributed by atoms with Crippen LogP contribution in [-0.2, 0) is 0 Å². The van der Waals surface area contributed by atoms with Crippen molar-refractivity contribution in [3.8, 4) is 5.75 Å². The summed E-state index contributed by atoms with van der Waals surface area (Å²) in [4.78, 5) is 12.2. The molecule has 0 heterocycles. The van der Waals surface area contributed by atoms with Gasteiger partial charge in [0.05, 0.1) is 7.11 Å². The van der Waals surface area contributed by atoms with E-state index in [0.717, 1.165) is 12.8 Å². The fourth-order valence-electron chi connectivity index (χ4n) is 3.07. The first kappa shape index (κ1) is 15.8. The van der Waals surface area contributed by atoms with E-state index in [9.17, 15) is 9.18 Å². The smallest absolute Gasteiger partial charge is 0.258 e. The Morgan fingerprint density at radius 3 is 2.76 bits per heavy atom. The molecule has 4 nitrogen and oxygen atoms in total. The Labute approximate surface area is 124 Å². The molecule has 0 radical (unpaired) electrons. The number of rotatable bonds is 5. The molecular weight excluding hydrogens is 271 g/mol. The maximum atomic E-state index is 13.8. The number of ether oxygens (including phenoxy) is 1. The van der Waals surface area contributed by atoms with E-state index < -0.39 is 11.7 Å². The van der Waals surface area contributed by atoms with Crippen LogP contribution in [0.25, 0.3) is 0 Å². The zero-order valence-corrected chi connectivity index (χ0v) is 12.4. The van der Waals surface area contributed by atoms with E-state index in [1.807, 2.05) is 0 Å². The second-order valence-corrected chi connectivity index (χ2v) is 5.57. The number of amides is 1. The number of carbonyl (C=O) groups is 1. The molecule has 2 atom stereocenters. The van der Waals surface area contributed by atoms with Crippen molar-refractivity contribution in [2.24, 2.45) is 17.6 Å². The van der Waals surface area contributed by atoms with Crippen molar-refractivity contribution < 1.29 is 13.9 Å². The number of nitrogens with one attached hydrogen (secondary N) is 1. The number of hydrogen-bond donors (Lipinski definition) is 2. The molecule has 1 aromatic carbocycles. The highest BCUT2D eigenvalue weighted by Crippen LogP contribution is 2.29. The SMILES string of the molecule is COc1cccc(F)c1C(=O)NCC1CCCCC1CN. The molecule has 1 amide bonds. The van der Waals surface area contributed by atoms with Crippen molar-refractivity contribution in [3.63, 3.8) is 0 Å². The molecule has 1 aliphatic rings. The van der Waals surface area contributed by atoms with Crippen LogP contribution in [-0.4, -0.2) is 26.1 Å². The minimum Gasteiger partial charge on any atom is -0.496 e. The molecule has 5 heteroatoms. The van der Waals surface area contributed by atoms with Crippen molar-refractivity contribution in [1.29, 1.82) is 0 Å². The van der Waals surface area contributed by atoms with Gasteiger partial charge in [0.2, 0.25) is 0 Å². The summed E-state index contributed by atoms with van der Waals surface area (Å²) in [6, 6.07) is 4.37. The van der Waals surface area contributed by atoms with Gasteiger partial charge in [0.15, 0.2) is 0 Å². The lowest BCUT2D eigenvalue weighted by Crippen LogP contribution is -2.37. The van der Waals surface area contributed by atoms with Crippen LogP contribution in [0.15, 0.2) is 18.2 Å². The second-order valence-electron chi connectivity index (χ2n) is 5.57. The molecule has 0 aromatic heterocycles. The molecule has 0 spiro atoms. The molecule has 1 fully saturated rings. The van der Waals surface area contributed by atoms with Gasteiger partial charge >= 0.3 is 0 Å². The van der Waals surface area contributed by atoms with E-state index in [4.69, 9.17) is 10.5 Å². The van der Waals surface area contributed by atoms with Crippen LogP contribution in [0, 0.1) is 17.7 Å². The van der Waals surface area contributed by atoms with Gasteiger partial charge in [-0.15, -0.1) is 0 Å². The van der Waals surface area contributed by atoms with Gasteiger partial charge in [0, 0.05) is 6.54 Å². The third kappa shape index (κ3) is 3.73. The topological polar surface area (TPSA) is 64.3 Å². The molecule has 1 aliphatic carbocycles. The zero-order chi connectivity index (χ0) is 15.2. The van der Waals surface area contributed by atoms with E-state index >= 15 is 0 Å². The molecule has 1 aromatic rings. The Morgan fingerprint density at radius 2 is 2.10 bits per heavy atom. The van der Waals surface area contributed by atoms with Gasteiger partial charge in [0.25, 0.3) is 5.91 Å². The zero-order valence-electron chi connectivity index (χ0n) is 12.4. The number of nitrogens with two attached hydrogens (primary N) is 1. The molecule has 1 saturated carbocycles. The highest BCUT2D eigenvalue weighted by atomic mass is 19.1. The predicted molar refractivity (Wildman–Crippen MR) is 79.8 cm³/mol. The van der Waals surface area contributed by atoms with Crippen molar-refractivity contribution in [3.05, 3.63) is 29.6 Å². The first-order valence-electron chi connectivity index (χ1n) is 7.48. The van der Waals surface area contributed by atoms with Gasteiger partial charge in [0.1, 0.15) is 17.1 Å². The van der Waals surface area contributed by atoms with Crippen LogP contribution in [0.5, 0.6) is 5.75 Å². The van der Waals surface area contributed by atoms with Gasteiger partial charge < -0.3 is 15.8 Å². The lowest BCUT2D eigenvalue weighted by molar-refractivity contribution is 0.0927. The average Bonchev–Trinajstić information content (AvgIpc) is 2.52. The van der Waals surface area contributed by atoms with Gasteiger partial charge in [-0.25, -0.2) is 4.39 Å². The monoisotopic (exact) mass is 294 g/mol. The minimum atomic E-state index is -0.564. The second kappa shape index (κ2) is 7.41. The predicted octanol–water partition coefficient (Wildman–Crippen LogP) is 2.33. The van der Waals surface area contributed by atoms with E-state index in [-0.39, 0.29) is 11.3 Å². The molecule has 2 unspecified atom stereocenters. The molecule has 0 saturated heterocycles. The summed E-state index contributed by atoms with van der Waals surface area (Å²) in [6.45, 7) is 1.18. The summed E-state index contributed by atoms with van der Waals surface area (Å²) >= 11 is 0. The van der Waals surface area contributed by atoms with E-state index in [2.05, 4.69) is 5.32 Å². The summed E-state index contributed by atoms with van der Waals surface area (Å²) in [7, 11) is 1.43. The van der Waals surface area contributed by atoms with Crippen molar-refractivity contribution >= 4 is 5.91 Å². The normalized spacial score (nSPS) is 21.9. The average molecular weight is 294 g/mol. The van der Waals surface area contributed by atoms with Gasteiger partial charge in [-0.2, -0.15) is 0 Å². The Morgan fingerprint density at radius 1 is 1.38 bits per heavy atom.